The molecule has 0 spiro atoms. The Hall–Kier alpha value is -1.26. The Kier molecular flexibility index (Phi) is 5.68. The summed E-state index contributed by atoms with van der Waals surface area (Å²) in [7, 11) is 3.81. The summed E-state index contributed by atoms with van der Waals surface area (Å²) in [6, 6.07) is 8.53. The summed E-state index contributed by atoms with van der Waals surface area (Å²) in [5.41, 5.74) is 1.13. The van der Waals surface area contributed by atoms with E-state index in [0.717, 1.165) is 31.1 Å². The summed E-state index contributed by atoms with van der Waals surface area (Å²) >= 11 is 0. The molecule has 20 heavy (non-hydrogen) atoms. The van der Waals surface area contributed by atoms with E-state index in [1.807, 2.05) is 18.2 Å². The van der Waals surface area contributed by atoms with Gasteiger partial charge in [0, 0.05) is 32.8 Å². The maximum absolute atomic E-state index is 5.70. The number of para-hydroxylation sites is 2. The molecule has 4 nitrogen and oxygen atoms in total. The monoisotopic (exact) mass is 278 g/mol. The molecule has 1 aromatic rings. The van der Waals surface area contributed by atoms with Gasteiger partial charge in [0.05, 0.1) is 18.9 Å². The number of nitrogens with one attached hydrogen (secondary N) is 1. The Morgan fingerprint density at radius 1 is 1.45 bits per heavy atom. The molecule has 112 valence electrons. The predicted molar refractivity (Wildman–Crippen MR) is 82.7 cm³/mol. The van der Waals surface area contributed by atoms with E-state index in [2.05, 4.69) is 30.3 Å². The van der Waals surface area contributed by atoms with Crippen LogP contribution in [0.25, 0.3) is 0 Å². The molecule has 1 heterocycles. The maximum Gasteiger partial charge on any atom is 0.142 e. The van der Waals surface area contributed by atoms with Crippen LogP contribution in [-0.2, 0) is 4.74 Å². The van der Waals surface area contributed by atoms with Crippen LogP contribution in [0.5, 0.6) is 5.75 Å². The zero-order chi connectivity index (χ0) is 14.4. The van der Waals surface area contributed by atoms with Crippen molar-refractivity contribution in [2.24, 2.45) is 0 Å². The minimum Gasteiger partial charge on any atom is -0.495 e. The zero-order valence-corrected chi connectivity index (χ0v) is 12.8. The Labute approximate surface area is 122 Å². The average Bonchev–Trinajstić information content (AvgIpc) is 3.01. The topological polar surface area (TPSA) is 33.7 Å². The zero-order valence-electron chi connectivity index (χ0n) is 12.8. The third-order valence-corrected chi connectivity index (χ3v) is 3.93. The van der Waals surface area contributed by atoms with Gasteiger partial charge in [-0.05, 0) is 31.9 Å². The summed E-state index contributed by atoms with van der Waals surface area (Å²) in [5.74, 6) is 0.919. The van der Waals surface area contributed by atoms with Crippen molar-refractivity contribution in [3.63, 3.8) is 0 Å². The highest BCUT2D eigenvalue weighted by Crippen LogP contribution is 2.26. The van der Waals surface area contributed by atoms with Crippen LogP contribution < -0.4 is 15.0 Å². The van der Waals surface area contributed by atoms with Gasteiger partial charge in [0.15, 0.2) is 0 Å². The minimum atomic E-state index is 0.381. The van der Waals surface area contributed by atoms with E-state index in [9.17, 15) is 0 Å². The first-order chi connectivity index (χ1) is 9.72. The van der Waals surface area contributed by atoms with E-state index in [-0.39, 0.29) is 0 Å². The van der Waals surface area contributed by atoms with Gasteiger partial charge in [-0.2, -0.15) is 0 Å². The van der Waals surface area contributed by atoms with E-state index >= 15 is 0 Å². The lowest BCUT2D eigenvalue weighted by Gasteiger charge is -2.24. The van der Waals surface area contributed by atoms with E-state index < -0.39 is 0 Å². The second-order valence-electron chi connectivity index (χ2n) is 5.39. The largest absolute Gasteiger partial charge is 0.495 e. The lowest BCUT2D eigenvalue weighted by atomic mass is 10.1. The van der Waals surface area contributed by atoms with Crippen LogP contribution in [-0.4, -0.2) is 46.0 Å². The molecule has 1 aliphatic heterocycles. The molecule has 0 radical (unpaired) electrons. The lowest BCUT2D eigenvalue weighted by Crippen LogP contribution is -2.40. The van der Waals surface area contributed by atoms with E-state index in [0.29, 0.717) is 12.1 Å². The first-order valence-electron chi connectivity index (χ1n) is 7.41. The van der Waals surface area contributed by atoms with Crippen molar-refractivity contribution < 1.29 is 9.47 Å². The highest BCUT2D eigenvalue weighted by atomic mass is 16.5. The molecule has 0 saturated carbocycles. The Morgan fingerprint density at radius 2 is 2.25 bits per heavy atom. The van der Waals surface area contributed by atoms with Gasteiger partial charge in [0.2, 0.25) is 0 Å². The van der Waals surface area contributed by atoms with Crippen LogP contribution in [0.2, 0.25) is 0 Å². The Balaban J connectivity index is 1.78. The fourth-order valence-electron chi connectivity index (χ4n) is 2.65. The highest BCUT2D eigenvalue weighted by molar-refractivity contribution is 5.57. The summed E-state index contributed by atoms with van der Waals surface area (Å²) in [6.45, 7) is 5.00. The van der Waals surface area contributed by atoms with Crippen LogP contribution in [0.3, 0.4) is 0 Å². The highest BCUT2D eigenvalue weighted by Gasteiger charge is 2.21. The number of methoxy groups -OCH3 is 1. The number of likely N-dealkylation sites (N-methyl/N-ethyl adjacent to an activating group) is 1. The van der Waals surface area contributed by atoms with Crippen molar-refractivity contribution in [2.45, 2.75) is 31.9 Å². The quantitative estimate of drug-likeness (QED) is 0.830. The molecule has 0 aliphatic carbocycles. The van der Waals surface area contributed by atoms with E-state index in [1.54, 1.807) is 7.11 Å². The number of hydrogen-bond acceptors (Lipinski definition) is 4. The molecule has 1 aliphatic rings. The number of nitrogens with zero attached hydrogens (tertiary/aromatic N) is 1. The third kappa shape index (κ3) is 3.87. The van der Waals surface area contributed by atoms with Gasteiger partial charge in [0.1, 0.15) is 5.75 Å². The predicted octanol–water partition coefficient (Wildman–Crippen LogP) is 2.29. The van der Waals surface area contributed by atoms with Crippen LogP contribution in [0.1, 0.15) is 19.8 Å². The summed E-state index contributed by atoms with van der Waals surface area (Å²) < 4.78 is 11.1. The second kappa shape index (κ2) is 7.50. The Morgan fingerprint density at radius 3 is 2.95 bits per heavy atom. The van der Waals surface area contributed by atoms with Crippen molar-refractivity contribution in [2.75, 3.05) is 38.8 Å². The molecule has 0 amide bonds. The van der Waals surface area contributed by atoms with Crippen molar-refractivity contribution in [3.8, 4) is 5.75 Å². The fourth-order valence-corrected chi connectivity index (χ4v) is 2.65. The van der Waals surface area contributed by atoms with Gasteiger partial charge in [-0.25, -0.2) is 0 Å². The van der Waals surface area contributed by atoms with Crippen LogP contribution in [0.4, 0.5) is 5.69 Å². The second-order valence-corrected chi connectivity index (χ2v) is 5.39. The SMILES string of the molecule is COc1ccccc1N(C)CCNC(C)C1CCCO1. The molecule has 4 heteroatoms. The standard InChI is InChI=1S/C16H26N2O2/c1-13(15-9-6-12-20-15)17-10-11-18(2)14-7-4-5-8-16(14)19-3/h4-5,7-8,13,15,17H,6,9-12H2,1-3H3. The van der Waals surface area contributed by atoms with Crippen molar-refractivity contribution in [1.29, 1.82) is 0 Å². The first-order valence-corrected chi connectivity index (χ1v) is 7.41. The van der Waals surface area contributed by atoms with Crippen LogP contribution in [0, 0.1) is 0 Å². The van der Waals surface area contributed by atoms with Gasteiger partial charge >= 0.3 is 0 Å². The molecule has 1 saturated heterocycles. The maximum atomic E-state index is 5.70. The van der Waals surface area contributed by atoms with Crippen molar-refractivity contribution >= 4 is 5.69 Å². The van der Waals surface area contributed by atoms with Crippen molar-refractivity contribution in [1.82, 2.24) is 5.32 Å². The molecular weight excluding hydrogens is 252 g/mol. The van der Waals surface area contributed by atoms with Gasteiger partial charge in [-0.1, -0.05) is 12.1 Å². The number of rotatable bonds is 7. The summed E-state index contributed by atoms with van der Waals surface area (Å²) in [5, 5.41) is 3.56. The molecule has 0 aromatic heterocycles. The normalized spacial score (nSPS) is 19.9. The molecular formula is C16H26N2O2. The molecule has 1 fully saturated rings. The molecule has 1 aromatic carbocycles. The molecule has 1 N–H and O–H groups in total. The number of benzene rings is 1. The Bertz CT molecular complexity index is 405. The van der Waals surface area contributed by atoms with Crippen LogP contribution in [0.15, 0.2) is 24.3 Å². The smallest absolute Gasteiger partial charge is 0.142 e. The lowest BCUT2D eigenvalue weighted by molar-refractivity contribution is 0.0841. The van der Waals surface area contributed by atoms with Gasteiger partial charge in [-0.3, -0.25) is 0 Å². The van der Waals surface area contributed by atoms with E-state index in [1.165, 1.54) is 12.8 Å². The number of hydrogen-bond donors (Lipinski definition) is 1. The number of ether oxygens (including phenoxy) is 2. The molecule has 2 unspecified atom stereocenters. The van der Waals surface area contributed by atoms with Gasteiger partial charge in [-0.15, -0.1) is 0 Å². The van der Waals surface area contributed by atoms with Crippen molar-refractivity contribution in [3.05, 3.63) is 24.3 Å². The van der Waals surface area contributed by atoms with Gasteiger partial charge < -0.3 is 19.7 Å². The third-order valence-electron chi connectivity index (χ3n) is 3.93. The molecule has 2 rings (SSSR count). The van der Waals surface area contributed by atoms with E-state index in [4.69, 9.17) is 9.47 Å². The average molecular weight is 278 g/mol. The molecule has 0 bridgehead atoms. The summed E-state index contributed by atoms with van der Waals surface area (Å²) in [4.78, 5) is 2.22. The van der Waals surface area contributed by atoms with Gasteiger partial charge in [0.25, 0.3) is 0 Å². The van der Waals surface area contributed by atoms with Crippen LogP contribution >= 0.6 is 0 Å². The summed E-state index contributed by atoms with van der Waals surface area (Å²) in [6.07, 6.45) is 2.75. The first kappa shape index (κ1) is 15.1. The fraction of sp³-hybridized carbons (Fsp3) is 0.625. The number of anilines is 1. The molecule has 2 atom stereocenters. The minimum absolute atomic E-state index is 0.381.